The summed E-state index contributed by atoms with van der Waals surface area (Å²) < 4.78 is 0.343. The molecule has 0 aliphatic heterocycles. The van der Waals surface area contributed by atoms with Crippen LogP contribution in [0.15, 0.2) is 21.6 Å². The van der Waals surface area contributed by atoms with Gasteiger partial charge in [0.15, 0.2) is 6.20 Å². The van der Waals surface area contributed by atoms with E-state index in [1.54, 1.807) is 0 Å². The van der Waals surface area contributed by atoms with E-state index >= 15 is 0 Å². The lowest BCUT2D eigenvalue weighted by atomic mass is 10.5. The zero-order valence-corrected chi connectivity index (χ0v) is 7.67. The molecule has 0 spiro atoms. The third-order valence-electron chi connectivity index (χ3n) is 0.980. The molecule has 0 aromatic carbocycles. The highest BCUT2D eigenvalue weighted by atomic mass is 79.9. The summed E-state index contributed by atoms with van der Waals surface area (Å²) in [5.74, 6) is -0.192. The van der Waals surface area contributed by atoms with Crippen LogP contribution in [0.1, 0.15) is 0 Å². The van der Waals surface area contributed by atoms with Crippen LogP contribution in [-0.2, 0) is 0 Å². The van der Waals surface area contributed by atoms with Crippen LogP contribution in [-0.4, -0.2) is 9.91 Å². The van der Waals surface area contributed by atoms with Crippen molar-refractivity contribution in [2.24, 2.45) is 0 Å². The minimum Gasteiger partial charge on any atom is -0.358 e. The highest BCUT2D eigenvalue weighted by Crippen LogP contribution is 2.23. The third-order valence-corrected chi connectivity index (χ3v) is 1.81. The smallest absolute Gasteiger partial charge is 0.358 e. The van der Waals surface area contributed by atoms with E-state index in [9.17, 15) is 10.1 Å². The lowest BCUT2D eigenvalue weighted by molar-refractivity contribution is -0.390. The van der Waals surface area contributed by atoms with Crippen molar-refractivity contribution in [2.45, 2.75) is 4.90 Å². The van der Waals surface area contributed by atoms with Gasteiger partial charge in [-0.3, -0.25) is 0 Å². The topological polar surface area (TPSA) is 56.0 Å². The Kier molecular flexibility index (Phi) is 2.45. The van der Waals surface area contributed by atoms with E-state index in [1.807, 2.05) is 0 Å². The van der Waals surface area contributed by atoms with Gasteiger partial charge in [0.25, 0.3) is 0 Å². The molecule has 0 N–H and O–H groups in total. The van der Waals surface area contributed by atoms with E-state index in [4.69, 9.17) is 0 Å². The molecule has 0 saturated carbocycles. The Morgan fingerprint density at radius 3 is 2.82 bits per heavy atom. The highest BCUT2D eigenvalue weighted by molar-refractivity contribution is 9.10. The Morgan fingerprint density at radius 2 is 2.36 bits per heavy atom. The number of hydrogen-bond acceptors (Lipinski definition) is 4. The average molecular weight is 235 g/mol. The van der Waals surface area contributed by atoms with Crippen LogP contribution in [0.2, 0.25) is 0 Å². The van der Waals surface area contributed by atoms with Gasteiger partial charge in [0.1, 0.15) is 4.47 Å². The molecular formula is C5H3BrN2O2S. The van der Waals surface area contributed by atoms with Crippen molar-refractivity contribution in [3.8, 4) is 0 Å². The summed E-state index contributed by atoms with van der Waals surface area (Å²) in [5, 5.41) is 10.2. The number of nitro groups is 1. The molecule has 0 fully saturated rings. The Labute approximate surface area is 76.3 Å². The minimum atomic E-state index is -0.558. The van der Waals surface area contributed by atoms with Crippen LogP contribution in [0.25, 0.3) is 0 Å². The van der Waals surface area contributed by atoms with Gasteiger partial charge >= 0.3 is 5.82 Å². The number of thiol groups is 1. The van der Waals surface area contributed by atoms with E-state index in [1.165, 1.54) is 12.3 Å². The molecule has 4 nitrogen and oxygen atoms in total. The summed E-state index contributed by atoms with van der Waals surface area (Å²) in [6, 6.07) is 1.52. The molecule has 0 saturated heterocycles. The average Bonchev–Trinajstić information content (AvgIpc) is 1.85. The van der Waals surface area contributed by atoms with Crippen molar-refractivity contribution in [3.63, 3.8) is 0 Å². The number of hydrogen-bond donors (Lipinski definition) is 1. The van der Waals surface area contributed by atoms with Gasteiger partial charge in [0, 0.05) is 4.90 Å². The van der Waals surface area contributed by atoms with Gasteiger partial charge in [-0.05, 0) is 31.9 Å². The van der Waals surface area contributed by atoms with E-state index in [0.29, 0.717) is 9.37 Å². The number of nitrogens with zero attached hydrogens (tertiary/aromatic N) is 2. The first kappa shape index (κ1) is 8.48. The van der Waals surface area contributed by atoms with Gasteiger partial charge < -0.3 is 10.1 Å². The van der Waals surface area contributed by atoms with E-state index in [2.05, 4.69) is 33.5 Å². The minimum absolute atomic E-state index is 0.192. The van der Waals surface area contributed by atoms with Gasteiger partial charge in [-0.15, -0.1) is 12.6 Å². The van der Waals surface area contributed by atoms with Gasteiger partial charge in [-0.1, -0.05) is 0 Å². The zero-order valence-electron chi connectivity index (χ0n) is 5.19. The standard InChI is InChI=1S/C5H3BrN2O2S/c6-4-1-3(11)2-7-5(4)8(9)10/h1-2,11H. The predicted molar refractivity (Wildman–Crippen MR) is 45.8 cm³/mol. The van der Waals surface area contributed by atoms with Gasteiger partial charge in [0.05, 0.1) is 0 Å². The Bertz CT molecular complexity index is 305. The van der Waals surface area contributed by atoms with Gasteiger partial charge in [-0.2, -0.15) is 0 Å². The molecule has 58 valence electrons. The quantitative estimate of drug-likeness (QED) is 0.460. The number of rotatable bonds is 1. The van der Waals surface area contributed by atoms with Crippen molar-refractivity contribution in [1.82, 2.24) is 4.98 Å². The normalized spacial score (nSPS) is 9.64. The van der Waals surface area contributed by atoms with Crippen molar-refractivity contribution >= 4 is 34.4 Å². The van der Waals surface area contributed by atoms with Crippen molar-refractivity contribution in [1.29, 1.82) is 0 Å². The molecule has 1 aromatic heterocycles. The van der Waals surface area contributed by atoms with E-state index < -0.39 is 4.92 Å². The summed E-state index contributed by atoms with van der Waals surface area (Å²) in [6.07, 6.45) is 1.33. The van der Waals surface area contributed by atoms with Crippen LogP contribution in [0.4, 0.5) is 5.82 Å². The molecule has 0 aliphatic carbocycles. The fraction of sp³-hybridized carbons (Fsp3) is 0. The molecule has 11 heavy (non-hydrogen) atoms. The molecule has 0 amide bonds. The molecule has 0 radical (unpaired) electrons. The molecule has 0 bridgehead atoms. The maximum absolute atomic E-state index is 10.2. The van der Waals surface area contributed by atoms with Gasteiger partial charge in [-0.25, -0.2) is 0 Å². The Morgan fingerprint density at radius 1 is 1.73 bits per heavy atom. The second-order valence-corrected chi connectivity index (χ2v) is 3.13. The second kappa shape index (κ2) is 3.19. The monoisotopic (exact) mass is 234 g/mol. The molecule has 1 rings (SSSR count). The lowest BCUT2D eigenvalue weighted by Crippen LogP contribution is -1.92. The Hall–Kier alpha value is -0.620. The zero-order chi connectivity index (χ0) is 8.43. The number of pyridine rings is 1. The third kappa shape index (κ3) is 1.90. The largest absolute Gasteiger partial charge is 0.377 e. The fourth-order valence-corrected chi connectivity index (χ4v) is 1.41. The maximum atomic E-state index is 10.2. The summed E-state index contributed by atoms with van der Waals surface area (Å²) in [5.41, 5.74) is 0. The first-order valence-corrected chi connectivity index (χ1v) is 3.84. The van der Waals surface area contributed by atoms with Crippen LogP contribution in [0, 0.1) is 10.1 Å². The van der Waals surface area contributed by atoms with Crippen LogP contribution in [0.5, 0.6) is 0 Å². The molecule has 1 aromatic rings. The molecule has 0 atom stereocenters. The maximum Gasteiger partial charge on any atom is 0.377 e. The summed E-state index contributed by atoms with van der Waals surface area (Å²) >= 11 is 6.95. The first-order valence-electron chi connectivity index (χ1n) is 2.60. The summed E-state index contributed by atoms with van der Waals surface area (Å²) in [6.45, 7) is 0. The fourth-order valence-electron chi connectivity index (χ4n) is 0.555. The van der Waals surface area contributed by atoms with Crippen molar-refractivity contribution in [2.75, 3.05) is 0 Å². The lowest BCUT2D eigenvalue weighted by Gasteiger charge is -1.93. The SMILES string of the molecule is O=[N+]([O-])c1ncc(S)cc1Br. The molecule has 6 heteroatoms. The summed E-state index contributed by atoms with van der Waals surface area (Å²) in [7, 11) is 0. The first-order chi connectivity index (χ1) is 5.11. The molecular weight excluding hydrogens is 232 g/mol. The molecule has 1 heterocycles. The van der Waals surface area contributed by atoms with E-state index in [0.717, 1.165) is 0 Å². The van der Waals surface area contributed by atoms with Crippen LogP contribution < -0.4 is 0 Å². The van der Waals surface area contributed by atoms with Crippen molar-refractivity contribution < 1.29 is 4.92 Å². The summed E-state index contributed by atoms with van der Waals surface area (Å²) in [4.78, 5) is 13.8. The van der Waals surface area contributed by atoms with Crippen LogP contribution >= 0.6 is 28.6 Å². The molecule has 0 unspecified atom stereocenters. The highest BCUT2D eigenvalue weighted by Gasteiger charge is 2.12. The number of aromatic nitrogens is 1. The van der Waals surface area contributed by atoms with E-state index in [-0.39, 0.29) is 5.82 Å². The van der Waals surface area contributed by atoms with Gasteiger partial charge in [0.2, 0.25) is 0 Å². The number of halogens is 1. The van der Waals surface area contributed by atoms with Crippen LogP contribution in [0.3, 0.4) is 0 Å². The predicted octanol–water partition coefficient (Wildman–Crippen LogP) is 2.04. The van der Waals surface area contributed by atoms with Crippen molar-refractivity contribution in [3.05, 3.63) is 26.9 Å². The molecule has 0 aliphatic rings. The Balaban J connectivity index is 3.20. The second-order valence-electron chi connectivity index (χ2n) is 1.76.